The SMILES string of the molecule is CCC(C)c1cc(C)c(CCl)c(C)c1O. The zero-order chi connectivity index (χ0) is 11.6. The Balaban J connectivity index is 3.33. The highest BCUT2D eigenvalue weighted by Gasteiger charge is 2.15. The first kappa shape index (κ1) is 12.4. The maximum absolute atomic E-state index is 10.1. The Morgan fingerprint density at radius 3 is 2.47 bits per heavy atom. The van der Waals surface area contributed by atoms with Crippen LogP contribution in [0, 0.1) is 13.8 Å². The molecule has 0 aliphatic heterocycles. The summed E-state index contributed by atoms with van der Waals surface area (Å²) in [4.78, 5) is 0. The Labute approximate surface area is 97.1 Å². The van der Waals surface area contributed by atoms with Gasteiger partial charge in [0, 0.05) is 5.88 Å². The zero-order valence-corrected chi connectivity index (χ0v) is 10.7. The molecule has 1 nitrogen and oxygen atoms in total. The van der Waals surface area contributed by atoms with Gasteiger partial charge in [0.05, 0.1) is 0 Å². The van der Waals surface area contributed by atoms with Crippen LogP contribution in [-0.4, -0.2) is 5.11 Å². The van der Waals surface area contributed by atoms with Crippen molar-refractivity contribution < 1.29 is 5.11 Å². The van der Waals surface area contributed by atoms with Crippen LogP contribution < -0.4 is 0 Å². The molecule has 1 aromatic carbocycles. The van der Waals surface area contributed by atoms with E-state index in [-0.39, 0.29) is 0 Å². The van der Waals surface area contributed by atoms with Gasteiger partial charge in [-0.1, -0.05) is 19.9 Å². The Morgan fingerprint density at radius 1 is 1.40 bits per heavy atom. The second-order valence-electron chi connectivity index (χ2n) is 4.18. The Bertz CT molecular complexity index is 358. The number of hydrogen-bond acceptors (Lipinski definition) is 1. The molecule has 15 heavy (non-hydrogen) atoms. The van der Waals surface area contributed by atoms with Gasteiger partial charge in [-0.2, -0.15) is 0 Å². The van der Waals surface area contributed by atoms with Crippen LogP contribution >= 0.6 is 11.6 Å². The van der Waals surface area contributed by atoms with Crippen molar-refractivity contribution in [3.63, 3.8) is 0 Å². The highest BCUT2D eigenvalue weighted by Crippen LogP contribution is 2.35. The lowest BCUT2D eigenvalue weighted by molar-refractivity contribution is 0.456. The average Bonchev–Trinajstić information content (AvgIpc) is 2.23. The van der Waals surface area contributed by atoms with Crippen LogP contribution in [0.1, 0.15) is 48.4 Å². The third kappa shape index (κ3) is 2.28. The molecule has 84 valence electrons. The minimum absolute atomic E-state index is 0.395. The summed E-state index contributed by atoms with van der Waals surface area (Å²) >= 11 is 5.86. The van der Waals surface area contributed by atoms with E-state index in [1.54, 1.807) is 0 Å². The van der Waals surface area contributed by atoms with Gasteiger partial charge in [0.15, 0.2) is 0 Å². The molecule has 2 heteroatoms. The Kier molecular flexibility index (Phi) is 4.04. The van der Waals surface area contributed by atoms with Gasteiger partial charge >= 0.3 is 0 Å². The molecule has 0 heterocycles. The molecule has 0 fully saturated rings. The smallest absolute Gasteiger partial charge is 0.122 e. The summed E-state index contributed by atoms with van der Waals surface area (Å²) in [5.41, 5.74) is 4.21. The van der Waals surface area contributed by atoms with Gasteiger partial charge in [0.2, 0.25) is 0 Å². The van der Waals surface area contributed by atoms with Crippen molar-refractivity contribution in [2.24, 2.45) is 0 Å². The molecule has 1 atom stereocenters. The highest BCUT2D eigenvalue weighted by atomic mass is 35.5. The van der Waals surface area contributed by atoms with Crippen LogP contribution in [0.2, 0.25) is 0 Å². The van der Waals surface area contributed by atoms with Crippen molar-refractivity contribution in [3.05, 3.63) is 28.3 Å². The van der Waals surface area contributed by atoms with E-state index >= 15 is 0 Å². The molecular weight excluding hydrogens is 208 g/mol. The second-order valence-corrected chi connectivity index (χ2v) is 4.45. The molecule has 1 rings (SSSR count). The van der Waals surface area contributed by atoms with Crippen LogP contribution in [0.5, 0.6) is 5.75 Å². The van der Waals surface area contributed by atoms with Crippen molar-refractivity contribution in [1.29, 1.82) is 0 Å². The van der Waals surface area contributed by atoms with E-state index in [9.17, 15) is 5.11 Å². The maximum Gasteiger partial charge on any atom is 0.122 e. The molecule has 0 radical (unpaired) electrons. The number of aryl methyl sites for hydroxylation is 1. The number of phenols is 1. The Morgan fingerprint density at radius 2 is 2.00 bits per heavy atom. The zero-order valence-electron chi connectivity index (χ0n) is 9.89. The minimum atomic E-state index is 0.395. The van der Waals surface area contributed by atoms with Crippen molar-refractivity contribution in [2.45, 2.75) is 45.9 Å². The molecule has 1 unspecified atom stereocenters. The molecule has 0 saturated heterocycles. The summed E-state index contributed by atoms with van der Waals surface area (Å²) in [6.45, 7) is 8.25. The molecule has 1 N–H and O–H groups in total. The van der Waals surface area contributed by atoms with Gasteiger partial charge in [0.1, 0.15) is 5.75 Å². The van der Waals surface area contributed by atoms with Gasteiger partial charge in [-0.05, 0) is 48.4 Å². The first-order valence-electron chi connectivity index (χ1n) is 5.40. The van der Waals surface area contributed by atoms with Crippen molar-refractivity contribution >= 4 is 11.6 Å². The fourth-order valence-electron chi connectivity index (χ4n) is 1.85. The topological polar surface area (TPSA) is 20.2 Å². The summed E-state index contributed by atoms with van der Waals surface area (Å²) in [5.74, 6) is 1.28. The van der Waals surface area contributed by atoms with Crippen LogP contribution in [0.4, 0.5) is 0 Å². The molecule has 1 aromatic rings. The predicted molar refractivity (Wildman–Crippen MR) is 65.8 cm³/mol. The van der Waals surface area contributed by atoms with E-state index < -0.39 is 0 Å². The normalized spacial score (nSPS) is 12.9. The van der Waals surface area contributed by atoms with Crippen LogP contribution in [-0.2, 0) is 5.88 Å². The summed E-state index contributed by atoms with van der Waals surface area (Å²) in [6.07, 6.45) is 1.03. The third-order valence-electron chi connectivity index (χ3n) is 3.21. The molecule has 0 bridgehead atoms. The van der Waals surface area contributed by atoms with E-state index in [0.29, 0.717) is 17.5 Å². The van der Waals surface area contributed by atoms with E-state index in [1.807, 2.05) is 6.92 Å². The summed E-state index contributed by atoms with van der Waals surface area (Å²) in [7, 11) is 0. The molecule has 0 aromatic heterocycles. The number of aromatic hydroxyl groups is 1. The number of rotatable bonds is 3. The second kappa shape index (κ2) is 4.89. The molecule has 0 saturated carbocycles. The average molecular weight is 227 g/mol. The number of halogens is 1. The third-order valence-corrected chi connectivity index (χ3v) is 3.47. The van der Waals surface area contributed by atoms with Gasteiger partial charge in [0.25, 0.3) is 0 Å². The number of phenolic OH excluding ortho intramolecular Hbond substituents is 1. The molecule has 0 spiro atoms. The van der Waals surface area contributed by atoms with E-state index in [0.717, 1.165) is 23.1 Å². The predicted octanol–water partition coefficient (Wildman–Crippen LogP) is 4.26. The van der Waals surface area contributed by atoms with Crippen LogP contribution in [0.15, 0.2) is 6.07 Å². The summed E-state index contributed by atoms with van der Waals surface area (Å²) < 4.78 is 0. The molecule has 0 aliphatic rings. The quantitative estimate of drug-likeness (QED) is 0.764. The highest BCUT2D eigenvalue weighted by molar-refractivity contribution is 6.17. The lowest BCUT2D eigenvalue weighted by atomic mass is 9.91. The van der Waals surface area contributed by atoms with Gasteiger partial charge in [-0.25, -0.2) is 0 Å². The standard InChI is InChI=1S/C13H19ClO/c1-5-8(2)11-6-9(3)12(7-14)10(4)13(11)15/h6,8,15H,5,7H2,1-4H3. The molecule has 0 aliphatic carbocycles. The number of hydrogen-bond donors (Lipinski definition) is 1. The number of alkyl halides is 1. The van der Waals surface area contributed by atoms with Crippen molar-refractivity contribution in [2.75, 3.05) is 0 Å². The van der Waals surface area contributed by atoms with E-state index in [1.165, 1.54) is 5.56 Å². The van der Waals surface area contributed by atoms with Gasteiger partial charge in [-0.3, -0.25) is 0 Å². The molecule has 0 amide bonds. The van der Waals surface area contributed by atoms with Gasteiger partial charge < -0.3 is 5.11 Å². The first-order valence-corrected chi connectivity index (χ1v) is 5.94. The van der Waals surface area contributed by atoms with Gasteiger partial charge in [-0.15, -0.1) is 11.6 Å². The van der Waals surface area contributed by atoms with Crippen molar-refractivity contribution in [1.82, 2.24) is 0 Å². The van der Waals surface area contributed by atoms with Crippen molar-refractivity contribution in [3.8, 4) is 5.75 Å². The summed E-state index contributed by atoms with van der Waals surface area (Å²) in [6, 6.07) is 2.06. The van der Waals surface area contributed by atoms with E-state index in [2.05, 4.69) is 26.8 Å². The summed E-state index contributed by atoms with van der Waals surface area (Å²) in [5, 5.41) is 10.1. The lowest BCUT2D eigenvalue weighted by Crippen LogP contribution is -1.99. The van der Waals surface area contributed by atoms with E-state index in [4.69, 9.17) is 11.6 Å². The fraction of sp³-hybridized carbons (Fsp3) is 0.538. The first-order chi connectivity index (χ1) is 7.02. The molecular formula is C13H19ClO. The minimum Gasteiger partial charge on any atom is -0.507 e. The van der Waals surface area contributed by atoms with Crippen LogP contribution in [0.25, 0.3) is 0 Å². The number of benzene rings is 1. The van der Waals surface area contributed by atoms with Crippen LogP contribution in [0.3, 0.4) is 0 Å². The maximum atomic E-state index is 10.1. The largest absolute Gasteiger partial charge is 0.507 e. The lowest BCUT2D eigenvalue weighted by Gasteiger charge is -2.17. The Hall–Kier alpha value is -0.690. The monoisotopic (exact) mass is 226 g/mol. The fourth-order valence-corrected chi connectivity index (χ4v) is 2.26.